The molecule has 0 bridgehead atoms. The Kier molecular flexibility index (Phi) is 5.44. The van der Waals surface area contributed by atoms with Gasteiger partial charge in [-0.05, 0) is 47.2 Å². The fraction of sp³-hybridized carbons (Fsp3) is 0.182. The Morgan fingerprint density at radius 3 is 2.47 bits per heavy atom. The van der Waals surface area contributed by atoms with Crippen molar-refractivity contribution in [3.63, 3.8) is 0 Å². The van der Waals surface area contributed by atoms with Crippen molar-refractivity contribution in [3.05, 3.63) is 87.6 Å². The highest BCUT2D eigenvalue weighted by molar-refractivity contribution is 7.92. The molecule has 1 N–H and O–H groups in total. The minimum Gasteiger partial charge on any atom is -0.284 e. The second-order valence-corrected chi connectivity index (χ2v) is 9.90. The summed E-state index contributed by atoms with van der Waals surface area (Å²) in [6.45, 7) is 2.03. The van der Waals surface area contributed by atoms with E-state index in [9.17, 15) is 13.2 Å². The van der Waals surface area contributed by atoms with Crippen LogP contribution in [0.5, 0.6) is 0 Å². The Morgan fingerprint density at radius 1 is 1.10 bits per heavy atom. The molecule has 2 heterocycles. The van der Waals surface area contributed by atoms with Gasteiger partial charge in [0.1, 0.15) is 0 Å². The topological polar surface area (TPSA) is 78.8 Å². The maximum absolute atomic E-state index is 13.1. The second-order valence-electron chi connectivity index (χ2n) is 7.20. The van der Waals surface area contributed by atoms with Crippen LogP contribution in [0, 0.1) is 6.92 Å². The molecule has 0 fully saturated rings. The van der Waals surface area contributed by atoms with Crippen LogP contribution < -0.4 is 4.72 Å². The van der Waals surface area contributed by atoms with E-state index in [0.29, 0.717) is 17.0 Å². The molecule has 0 radical (unpaired) electrons. The smallest absolute Gasteiger partial charge is 0.284 e. The molecule has 0 spiro atoms. The van der Waals surface area contributed by atoms with Crippen LogP contribution in [0.1, 0.15) is 38.8 Å². The van der Waals surface area contributed by atoms with Gasteiger partial charge in [-0.25, -0.2) is 13.4 Å². The van der Waals surface area contributed by atoms with Crippen LogP contribution in [0.2, 0.25) is 0 Å². The molecular formula is C22H21N3O3S2. The molecule has 0 aliphatic carbocycles. The number of thiophene rings is 1. The Bertz CT molecular complexity index is 1200. The molecule has 1 aromatic heterocycles. The lowest BCUT2D eigenvalue weighted by molar-refractivity contribution is 0.0716. The molecule has 1 amide bonds. The van der Waals surface area contributed by atoms with Crippen molar-refractivity contribution in [2.45, 2.75) is 19.4 Å². The molecule has 1 atom stereocenters. The van der Waals surface area contributed by atoms with E-state index in [4.69, 9.17) is 0 Å². The van der Waals surface area contributed by atoms with Crippen molar-refractivity contribution in [2.24, 2.45) is 5.10 Å². The van der Waals surface area contributed by atoms with Crippen LogP contribution in [-0.2, 0) is 10.0 Å². The van der Waals surface area contributed by atoms with Gasteiger partial charge in [0.25, 0.3) is 5.91 Å². The predicted octanol–water partition coefficient (Wildman–Crippen LogP) is 4.42. The van der Waals surface area contributed by atoms with E-state index >= 15 is 0 Å². The zero-order valence-electron chi connectivity index (χ0n) is 16.6. The quantitative estimate of drug-likeness (QED) is 0.639. The lowest BCUT2D eigenvalue weighted by Crippen LogP contribution is -2.26. The lowest BCUT2D eigenvalue weighted by Gasteiger charge is -2.23. The van der Waals surface area contributed by atoms with E-state index in [-0.39, 0.29) is 11.9 Å². The Morgan fingerprint density at radius 2 is 1.83 bits per heavy atom. The number of hydrazone groups is 1. The van der Waals surface area contributed by atoms with Gasteiger partial charge in [-0.1, -0.05) is 42.5 Å². The number of amides is 1. The number of rotatable bonds is 5. The van der Waals surface area contributed by atoms with Gasteiger partial charge >= 0.3 is 0 Å². The van der Waals surface area contributed by atoms with Crippen molar-refractivity contribution in [2.75, 3.05) is 11.0 Å². The van der Waals surface area contributed by atoms with Crippen LogP contribution in [0.25, 0.3) is 0 Å². The largest absolute Gasteiger partial charge is 0.284 e. The first-order valence-electron chi connectivity index (χ1n) is 9.40. The number of benzene rings is 2. The van der Waals surface area contributed by atoms with Crippen LogP contribution in [0.15, 0.2) is 71.1 Å². The highest BCUT2D eigenvalue weighted by Gasteiger charge is 2.34. The summed E-state index contributed by atoms with van der Waals surface area (Å²) in [5.41, 5.74) is 4.31. The van der Waals surface area contributed by atoms with Crippen LogP contribution >= 0.6 is 11.3 Å². The SMILES string of the molecule is Cc1ccccc1C1CC(c2ccc(NS(C)(=O)=O)cc2)=NN1C(=O)c1cccs1. The first kappa shape index (κ1) is 20.3. The molecule has 3 aromatic rings. The van der Waals surface area contributed by atoms with E-state index in [1.165, 1.54) is 11.3 Å². The standard InChI is InChI=1S/C22H21N3O3S2/c1-15-6-3-4-7-18(15)20-14-19(23-25(20)22(26)21-8-5-13-29-21)16-9-11-17(12-10-16)24-30(2,27)28/h3-13,20,24H,14H2,1-2H3. The molecule has 6 nitrogen and oxygen atoms in total. The summed E-state index contributed by atoms with van der Waals surface area (Å²) in [7, 11) is -3.34. The van der Waals surface area contributed by atoms with Gasteiger partial charge in [-0.2, -0.15) is 5.10 Å². The number of carbonyl (C=O) groups is 1. The van der Waals surface area contributed by atoms with Gasteiger partial charge in [-0.15, -0.1) is 11.3 Å². The molecule has 0 saturated heterocycles. The van der Waals surface area contributed by atoms with Gasteiger partial charge in [0, 0.05) is 12.1 Å². The van der Waals surface area contributed by atoms with Crippen molar-refractivity contribution >= 4 is 38.7 Å². The van der Waals surface area contributed by atoms with Crippen LogP contribution in [0.3, 0.4) is 0 Å². The highest BCUT2D eigenvalue weighted by atomic mass is 32.2. The number of hydrogen-bond donors (Lipinski definition) is 1. The fourth-order valence-corrected chi connectivity index (χ4v) is 4.75. The number of nitrogens with one attached hydrogen (secondary N) is 1. The summed E-state index contributed by atoms with van der Waals surface area (Å²) < 4.78 is 25.3. The third-order valence-electron chi connectivity index (χ3n) is 4.92. The third-order valence-corrected chi connectivity index (χ3v) is 6.38. The number of hydrogen-bond acceptors (Lipinski definition) is 5. The summed E-state index contributed by atoms with van der Waals surface area (Å²) in [4.78, 5) is 13.8. The maximum atomic E-state index is 13.1. The average Bonchev–Trinajstić information content (AvgIpc) is 3.38. The molecule has 1 aliphatic heterocycles. The first-order chi connectivity index (χ1) is 14.3. The Balaban J connectivity index is 1.68. The molecule has 154 valence electrons. The summed E-state index contributed by atoms with van der Waals surface area (Å²) in [5, 5.41) is 8.14. The van der Waals surface area contributed by atoms with Crippen LogP contribution in [-0.4, -0.2) is 31.3 Å². The van der Waals surface area contributed by atoms with E-state index < -0.39 is 10.0 Å². The number of carbonyl (C=O) groups excluding carboxylic acids is 1. The van der Waals surface area contributed by atoms with Crippen molar-refractivity contribution in [1.29, 1.82) is 0 Å². The van der Waals surface area contributed by atoms with Gasteiger partial charge < -0.3 is 0 Å². The third kappa shape index (κ3) is 4.29. The molecular weight excluding hydrogens is 418 g/mol. The Labute approximate surface area is 179 Å². The van der Waals surface area contributed by atoms with E-state index in [1.807, 2.05) is 54.8 Å². The molecule has 4 rings (SSSR count). The van der Waals surface area contributed by atoms with Crippen LogP contribution in [0.4, 0.5) is 5.69 Å². The zero-order valence-corrected chi connectivity index (χ0v) is 18.2. The van der Waals surface area contributed by atoms with Crippen molar-refractivity contribution in [1.82, 2.24) is 5.01 Å². The van der Waals surface area contributed by atoms with Gasteiger partial charge in [0.05, 0.1) is 22.9 Å². The summed E-state index contributed by atoms with van der Waals surface area (Å²) in [6.07, 6.45) is 1.70. The number of aryl methyl sites for hydroxylation is 1. The maximum Gasteiger partial charge on any atom is 0.284 e. The molecule has 30 heavy (non-hydrogen) atoms. The molecule has 1 aliphatic rings. The average molecular weight is 440 g/mol. The monoisotopic (exact) mass is 439 g/mol. The zero-order chi connectivity index (χ0) is 21.3. The van der Waals surface area contributed by atoms with Gasteiger partial charge in [-0.3, -0.25) is 9.52 Å². The summed E-state index contributed by atoms with van der Waals surface area (Å²) >= 11 is 1.40. The highest BCUT2D eigenvalue weighted by Crippen LogP contribution is 2.36. The van der Waals surface area contributed by atoms with Gasteiger partial charge in [0.15, 0.2) is 0 Å². The molecule has 1 unspecified atom stereocenters. The van der Waals surface area contributed by atoms with Crippen molar-refractivity contribution < 1.29 is 13.2 Å². The minimum atomic E-state index is -3.34. The number of nitrogens with zero attached hydrogens (tertiary/aromatic N) is 2. The lowest BCUT2D eigenvalue weighted by atomic mass is 9.95. The summed E-state index contributed by atoms with van der Waals surface area (Å²) in [6, 6.07) is 18.5. The summed E-state index contributed by atoms with van der Waals surface area (Å²) in [5.74, 6) is -0.122. The molecule has 2 aromatic carbocycles. The predicted molar refractivity (Wildman–Crippen MR) is 120 cm³/mol. The number of sulfonamides is 1. The molecule has 8 heteroatoms. The minimum absolute atomic E-state index is 0.122. The normalized spacial score (nSPS) is 16.4. The Hall–Kier alpha value is -2.97. The van der Waals surface area contributed by atoms with E-state index in [0.717, 1.165) is 28.7 Å². The van der Waals surface area contributed by atoms with E-state index in [2.05, 4.69) is 9.82 Å². The molecule has 0 saturated carbocycles. The van der Waals surface area contributed by atoms with Crippen molar-refractivity contribution in [3.8, 4) is 0 Å². The van der Waals surface area contributed by atoms with Gasteiger partial charge in [0.2, 0.25) is 10.0 Å². The number of anilines is 1. The fourth-order valence-electron chi connectivity index (χ4n) is 3.53. The van der Waals surface area contributed by atoms with E-state index in [1.54, 1.807) is 23.2 Å². The second kappa shape index (κ2) is 8.04. The first-order valence-corrected chi connectivity index (χ1v) is 12.2.